The number of benzene rings is 1. The molecule has 2 rings (SSSR count). The summed E-state index contributed by atoms with van der Waals surface area (Å²) in [5.74, 6) is 0.0678. The van der Waals surface area contributed by atoms with Gasteiger partial charge >= 0.3 is 0 Å². The van der Waals surface area contributed by atoms with Crippen LogP contribution in [0.1, 0.15) is 5.82 Å². The van der Waals surface area contributed by atoms with E-state index in [4.69, 9.17) is 11.6 Å². The van der Waals surface area contributed by atoms with Crippen molar-refractivity contribution in [3.8, 4) is 11.3 Å². The van der Waals surface area contributed by atoms with Crippen LogP contribution in [0.3, 0.4) is 0 Å². The Kier molecular flexibility index (Phi) is 2.75. The molecule has 2 aromatic rings. The van der Waals surface area contributed by atoms with E-state index in [9.17, 15) is 9.18 Å². The van der Waals surface area contributed by atoms with Crippen LogP contribution in [0.2, 0.25) is 5.02 Å². The molecular formula is C11H8ClFN2O. The van der Waals surface area contributed by atoms with Crippen LogP contribution in [0, 0.1) is 12.7 Å². The molecule has 1 N–H and O–H groups in total. The van der Waals surface area contributed by atoms with Crippen molar-refractivity contribution in [3.63, 3.8) is 0 Å². The van der Waals surface area contributed by atoms with Crippen LogP contribution in [0.4, 0.5) is 4.39 Å². The second-order valence-corrected chi connectivity index (χ2v) is 3.75. The smallest absolute Gasteiger partial charge is 0.251 e. The summed E-state index contributed by atoms with van der Waals surface area (Å²) < 4.78 is 12.8. The first kappa shape index (κ1) is 10.8. The summed E-state index contributed by atoms with van der Waals surface area (Å²) in [5, 5.41) is 0.234. The molecule has 3 nitrogen and oxygen atoms in total. The molecule has 0 unspecified atom stereocenters. The summed E-state index contributed by atoms with van der Waals surface area (Å²) in [6.45, 7) is 1.67. The Morgan fingerprint density at radius 1 is 1.38 bits per heavy atom. The molecule has 1 aromatic carbocycles. The zero-order valence-electron chi connectivity index (χ0n) is 8.42. The van der Waals surface area contributed by atoms with E-state index in [1.165, 1.54) is 24.3 Å². The number of H-pyrrole nitrogens is 1. The normalized spacial score (nSPS) is 10.4. The van der Waals surface area contributed by atoms with Crippen LogP contribution in [0.25, 0.3) is 11.3 Å². The van der Waals surface area contributed by atoms with Gasteiger partial charge < -0.3 is 4.98 Å². The second kappa shape index (κ2) is 4.06. The van der Waals surface area contributed by atoms with Crippen molar-refractivity contribution in [3.05, 3.63) is 51.3 Å². The molecule has 0 fully saturated rings. The van der Waals surface area contributed by atoms with E-state index in [1.54, 1.807) is 6.92 Å². The Balaban J connectivity index is 2.63. The molecule has 0 bridgehead atoms. The lowest BCUT2D eigenvalue weighted by Gasteiger charge is -2.03. The van der Waals surface area contributed by atoms with E-state index in [2.05, 4.69) is 9.97 Å². The van der Waals surface area contributed by atoms with E-state index in [0.29, 0.717) is 17.1 Å². The summed E-state index contributed by atoms with van der Waals surface area (Å²) in [5.41, 5.74) is 0.714. The van der Waals surface area contributed by atoms with Crippen molar-refractivity contribution in [1.82, 2.24) is 9.97 Å². The molecule has 16 heavy (non-hydrogen) atoms. The molecule has 0 saturated carbocycles. The number of aromatic amines is 1. The summed E-state index contributed by atoms with van der Waals surface area (Å²) in [6, 6.07) is 5.29. The Hall–Kier alpha value is -1.68. The van der Waals surface area contributed by atoms with Gasteiger partial charge in [-0.15, -0.1) is 0 Å². The van der Waals surface area contributed by atoms with E-state index in [0.717, 1.165) is 0 Å². The fraction of sp³-hybridized carbons (Fsp3) is 0.0909. The van der Waals surface area contributed by atoms with Gasteiger partial charge in [-0.2, -0.15) is 0 Å². The van der Waals surface area contributed by atoms with Crippen molar-refractivity contribution in [2.45, 2.75) is 6.92 Å². The Morgan fingerprint density at radius 3 is 2.75 bits per heavy atom. The SMILES string of the molecule is Cc1nc(-c2ccc(F)cc2Cl)cc(=O)[nH]1. The quantitative estimate of drug-likeness (QED) is 0.830. The number of halogens is 2. The van der Waals surface area contributed by atoms with Crippen LogP contribution >= 0.6 is 11.6 Å². The lowest BCUT2D eigenvalue weighted by Crippen LogP contribution is -2.08. The molecule has 1 heterocycles. The van der Waals surface area contributed by atoms with Crippen molar-refractivity contribution in [2.75, 3.05) is 0 Å². The van der Waals surface area contributed by atoms with Crippen molar-refractivity contribution in [2.24, 2.45) is 0 Å². The van der Waals surface area contributed by atoms with Gasteiger partial charge in [-0.05, 0) is 25.1 Å². The maximum Gasteiger partial charge on any atom is 0.251 e. The van der Waals surface area contributed by atoms with E-state index < -0.39 is 5.82 Å². The predicted octanol–water partition coefficient (Wildman–Crippen LogP) is 2.54. The largest absolute Gasteiger partial charge is 0.311 e. The lowest BCUT2D eigenvalue weighted by atomic mass is 10.1. The molecule has 0 saturated heterocycles. The highest BCUT2D eigenvalue weighted by Gasteiger charge is 2.07. The van der Waals surface area contributed by atoms with Gasteiger partial charge in [0, 0.05) is 11.6 Å². The Bertz CT molecular complexity index is 595. The Morgan fingerprint density at radius 2 is 2.12 bits per heavy atom. The zero-order valence-corrected chi connectivity index (χ0v) is 9.18. The van der Waals surface area contributed by atoms with Gasteiger partial charge in [0.15, 0.2) is 0 Å². The topological polar surface area (TPSA) is 45.8 Å². The first-order valence-electron chi connectivity index (χ1n) is 4.59. The number of aryl methyl sites for hydroxylation is 1. The van der Waals surface area contributed by atoms with E-state index in [-0.39, 0.29) is 10.6 Å². The van der Waals surface area contributed by atoms with E-state index >= 15 is 0 Å². The third-order valence-electron chi connectivity index (χ3n) is 2.07. The molecule has 5 heteroatoms. The molecule has 0 amide bonds. The summed E-state index contributed by atoms with van der Waals surface area (Å²) in [6.07, 6.45) is 0. The predicted molar refractivity (Wildman–Crippen MR) is 60.0 cm³/mol. The van der Waals surface area contributed by atoms with Gasteiger partial charge in [-0.25, -0.2) is 9.37 Å². The molecule has 1 aromatic heterocycles. The highest BCUT2D eigenvalue weighted by molar-refractivity contribution is 6.33. The number of nitrogens with zero attached hydrogens (tertiary/aromatic N) is 1. The van der Waals surface area contributed by atoms with Crippen LogP contribution in [-0.4, -0.2) is 9.97 Å². The lowest BCUT2D eigenvalue weighted by molar-refractivity contribution is 0.628. The standard InChI is InChI=1S/C11H8ClFN2O/c1-6-14-10(5-11(16)15-6)8-3-2-7(13)4-9(8)12/h2-5H,1H3,(H,14,15,16). The molecule has 0 aliphatic carbocycles. The number of hydrogen-bond acceptors (Lipinski definition) is 2. The second-order valence-electron chi connectivity index (χ2n) is 3.34. The fourth-order valence-corrected chi connectivity index (χ4v) is 1.68. The van der Waals surface area contributed by atoms with Crippen molar-refractivity contribution in [1.29, 1.82) is 0 Å². The van der Waals surface area contributed by atoms with Gasteiger partial charge in [0.1, 0.15) is 11.6 Å². The third-order valence-corrected chi connectivity index (χ3v) is 2.38. The number of rotatable bonds is 1. The molecule has 0 atom stereocenters. The minimum Gasteiger partial charge on any atom is -0.311 e. The van der Waals surface area contributed by atoms with Crippen LogP contribution < -0.4 is 5.56 Å². The zero-order chi connectivity index (χ0) is 11.7. The van der Waals surface area contributed by atoms with Gasteiger partial charge in [0.25, 0.3) is 5.56 Å². The first-order valence-corrected chi connectivity index (χ1v) is 4.97. The minimum atomic E-state index is -0.421. The molecule has 82 valence electrons. The van der Waals surface area contributed by atoms with Gasteiger partial charge in [0.2, 0.25) is 0 Å². The maximum absolute atomic E-state index is 12.8. The highest BCUT2D eigenvalue weighted by atomic mass is 35.5. The molecule has 0 aliphatic heterocycles. The number of hydrogen-bond donors (Lipinski definition) is 1. The number of nitrogens with one attached hydrogen (secondary N) is 1. The van der Waals surface area contributed by atoms with Crippen molar-refractivity contribution >= 4 is 11.6 Å². The highest BCUT2D eigenvalue weighted by Crippen LogP contribution is 2.26. The fourth-order valence-electron chi connectivity index (χ4n) is 1.41. The third kappa shape index (κ3) is 2.12. The average Bonchev–Trinajstić information content (AvgIpc) is 2.15. The summed E-state index contributed by atoms with van der Waals surface area (Å²) >= 11 is 5.88. The van der Waals surface area contributed by atoms with Crippen LogP contribution in [0.5, 0.6) is 0 Å². The first-order chi connectivity index (χ1) is 7.56. The van der Waals surface area contributed by atoms with Crippen molar-refractivity contribution < 1.29 is 4.39 Å². The van der Waals surface area contributed by atoms with Gasteiger partial charge in [-0.1, -0.05) is 11.6 Å². The maximum atomic E-state index is 12.8. The number of aromatic nitrogens is 2. The summed E-state index contributed by atoms with van der Waals surface area (Å²) in [7, 11) is 0. The molecular weight excluding hydrogens is 231 g/mol. The molecule has 0 aliphatic rings. The Labute approximate surface area is 95.9 Å². The van der Waals surface area contributed by atoms with Gasteiger partial charge in [0.05, 0.1) is 10.7 Å². The van der Waals surface area contributed by atoms with E-state index in [1.807, 2.05) is 0 Å². The molecule has 0 spiro atoms. The average molecular weight is 239 g/mol. The summed E-state index contributed by atoms with van der Waals surface area (Å²) in [4.78, 5) is 17.9. The van der Waals surface area contributed by atoms with Crippen LogP contribution in [0.15, 0.2) is 29.1 Å². The van der Waals surface area contributed by atoms with Crippen LogP contribution in [-0.2, 0) is 0 Å². The molecule has 0 radical (unpaired) electrons. The van der Waals surface area contributed by atoms with Gasteiger partial charge in [-0.3, -0.25) is 4.79 Å². The minimum absolute atomic E-state index is 0.234. The monoisotopic (exact) mass is 238 g/mol.